The largest absolute Gasteiger partial charge is 0.495 e. The van der Waals surface area contributed by atoms with Crippen molar-refractivity contribution in [3.8, 4) is 0 Å². The molecule has 5 nitrogen and oxygen atoms in total. The molecule has 1 aliphatic carbocycles. The van der Waals surface area contributed by atoms with Crippen molar-refractivity contribution in [2.45, 2.75) is 45.3 Å². The van der Waals surface area contributed by atoms with Crippen LogP contribution in [0.5, 0.6) is 0 Å². The van der Waals surface area contributed by atoms with E-state index in [2.05, 4.69) is 45.1 Å². The average molecular weight is 415 g/mol. The molecule has 1 aliphatic heterocycles. The summed E-state index contributed by atoms with van der Waals surface area (Å²) in [5.41, 5.74) is 4.38. The van der Waals surface area contributed by atoms with E-state index in [1.165, 1.54) is 11.6 Å². The molecule has 4 rings (SSSR count). The summed E-state index contributed by atoms with van der Waals surface area (Å²) in [5.74, 6) is 0. The smallest absolute Gasteiger partial charge is 0.400 e. The maximum Gasteiger partial charge on any atom is 0.495 e. The van der Waals surface area contributed by atoms with Crippen molar-refractivity contribution in [1.82, 2.24) is 0 Å². The number of allylic oxidation sites excluding steroid dienone is 4. The minimum Gasteiger partial charge on any atom is -0.400 e. The van der Waals surface area contributed by atoms with Crippen molar-refractivity contribution < 1.29 is 14.2 Å². The molecule has 1 heterocycles. The van der Waals surface area contributed by atoms with Gasteiger partial charge in [0.15, 0.2) is 0 Å². The molecule has 158 valence electrons. The van der Waals surface area contributed by atoms with Gasteiger partial charge in [0.1, 0.15) is 0 Å². The summed E-state index contributed by atoms with van der Waals surface area (Å²) in [7, 11) is -0.624. The number of hydrogen-bond donors (Lipinski definition) is 0. The minimum atomic E-state index is -0.624. The first-order chi connectivity index (χ1) is 14.9. The highest BCUT2D eigenvalue weighted by Crippen LogP contribution is 2.42. The zero-order chi connectivity index (χ0) is 22.0. The van der Waals surface area contributed by atoms with Gasteiger partial charge in [-0.2, -0.15) is 0 Å². The Morgan fingerprint density at radius 2 is 1.77 bits per heavy atom. The molecule has 1 saturated heterocycles. The molecule has 0 radical (unpaired) electrons. The number of para-hydroxylation sites is 1. The molecule has 0 saturated carbocycles. The highest BCUT2D eigenvalue weighted by molar-refractivity contribution is 6.62. The second-order valence-corrected chi connectivity index (χ2v) is 8.35. The highest BCUT2D eigenvalue weighted by Gasteiger charge is 2.46. The van der Waals surface area contributed by atoms with E-state index < -0.39 is 18.8 Å². The molecule has 0 aromatic heterocycles. The Morgan fingerprint density at radius 1 is 1.06 bits per heavy atom. The van der Waals surface area contributed by atoms with E-state index in [0.717, 1.165) is 16.6 Å². The second-order valence-electron chi connectivity index (χ2n) is 8.35. The Morgan fingerprint density at radius 3 is 2.52 bits per heavy atom. The Bertz CT molecular complexity index is 1070. The topological polar surface area (TPSA) is 61.6 Å². The Hall–Kier alpha value is -2.96. The third kappa shape index (κ3) is 4.41. The third-order valence-electron chi connectivity index (χ3n) is 5.95. The standard InChI is InChI=1S/C25H26BNO4/c1-18-15-19(2)24(20(3)16-18)26-30-23(21-11-7-8-12-22(21)27(28)29)17-25(31-26)13-9-5-4-6-10-14-25/h4-13,15-16,23H,14,17H2,1-3H3/b5-4-,10-6-,13-9+/t23-,25-/m0/s1. The zero-order valence-electron chi connectivity index (χ0n) is 18.1. The molecular formula is C25H26BNO4. The van der Waals surface area contributed by atoms with Gasteiger partial charge in [0.2, 0.25) is 0 Å². The SMILES string of the molecule is Cc1cc(C)c(B2O[C@H](c3ccccc3[N+](=O)[O-])C[C@@]3(/C=C/C=C\C=C/C3)O2)c(C)c1. The Balaban J connectivity index is 1.82. The second kappa shape index (κ2) is 8.65. The molecule has 2 aliphatic rings. The lowest BCUT2D eigenvalue weighted by molar-refractivity contribution is -0.386. The molecule has 31 heavy (non-hydrogen) atoms. The summed E-state index contributed by atoms with van der Waals surface area (Å²) >= 11 is 0. The lowest BCUT2D eigenvalue weighted by atomic mass is 9.69. The fraction of sp³-hybridized carbons (Fsp3) is 0.280. The maximum absolute atomic E-state index is 11.7. The summed E-state index contributed by atoms with van der Waals surface area (Å²) in [6.45, 7) is 6.18. The Kier molecular flexibility index (Phi) is 5.94. The number of nitrogens with zero attached hydrogens (tertiary/aromatic N) is 1. The summed E-state index contributed by atoms with van der Waals surface area (Å²) in [5, 5.41) is 11.7. The number of hydrogen-bond acceptors (Lipinski definition) is 4. The predicted octanol–water partition coefficient (Wildman–Crippen LogP) is 5.20. The lowest BCUT2D eigenvalue weighted by Crippen LogP contribution is -2.53. The van der Waals surface area contributed by atoms with Gasteiger partial charge in [0.25, 0.3) is 5.69 Å². The van der Waals surface area contributed by atoms with Gasteiger partial charge in [-0.1, -0.05) is 77.4 Å². The van der Waals surface area contributed by atoms with Gasteiger partial charge in [0, 0.05) is 12.5 Å². The van der Waals surface area contributed by atoms with E-state index in [-0.39, 0.29) is 10.6 Å². The summed E-state index contributed by atoms with van der Waals surface area (Å²) in [6, 6.07) is 11.1. The van der Waals surface area contributed by atoms with Gasteiger partial charge in [-0.05, 0) is 38.7 Å². The van der Waals surface area contributed by atoms with Crippen LogP contribution >= 0.6 is 0 Å². The molecular weight excluding hydrogens is 389 g/mol. The van der Waals surface area contributed by atoms with Crippen LogP contribution in [0.1, 0.15) is 41.2 Å². The van der Waals surface area contributed by atoms with Gasteiger partial charge in [-0.15, -0.1) is 0 Å². The van der Waals surface area contributed by atoms with Gasteiger partial charge in [-0.25, -0.2) is 0 Å². The van der Waals surface area contributed by atoms with Gasteiger partial charge >= 0.3 is 7.12 Å². The molecule has 0 amide bonds. The normalized spacial score (nSPS) is 26.2. The van der Waals surface area contributed by atoms with Crippen LogP contribution in [0.25, 0.3) is 0 Å². The molecule has 0 bridgehead atoms. The van der Waals surface area contributed by atoms with Crippen LogP contribution in [0.4, 0.5) is 5.69 Å². The first-order valence-electron chi connectivity index (χ1n) is 10.5. The fourth-order valence-corrected chi connectivity index (χ4v) is 4.61. The van der Waals surface area contributed by atoms with E-state index in [0.29, 0.717) is 18.4 Å². The van der Waals surface area contributed by atoms with Crippen LogP contribution in [-0.4, -0.2) is 17.6 Å². The number of nitro benzene ring substituents is 1. The van der Waals surface area contributed by atoms with Crippen molar-refractivity contribution in [2.75, 3.05) is 0 Å². The molecule has 0 N–H and O–H groups in total. The first-order valence-corrected chi connectivity index (χ1v) is 10.5. The van der Waals surface area contributed by atoms with E-state index in [4.69, 9.17) is 9.31 Å². The molecule has 1 spiro atoms. The monoisotopic (exact) mass is 415 g/mol. The van der Waals surface area contributed by atoms with Crippen molar-refractivity contribution in [2.24, 2.45) is 0 Å². The van der Waals surface area contributed by atoms with Gasteiger partial charge < -0.3 is 9.31 Å². The van der Waals surface area contributed by atoms with Crippen LogP contribution in [0, 0.1) is 30.9 Å². The van der Waals surface area contributed by atoms with E-state index in [1.54, 1.807) is 12.1 Å². The van der Waals surface area contributed by atoms with Crippen molar-refractivity contribution in [3.63, 3.8) is 0 Å². The first kappa shape index (κ1) is 21.3. The van der Waals surface area contributed by atoms with E-state index in [9.17, 15) is 10.1 Å². The van der Waals surface area contributed by atoms with E-state index in [1.807, 2.05) is 30.4 Å². The predicted molar refractivity (Wildman–Crippen MR) is 123 cm³/mol. The van der Waals surface area contributed by atoms with Crippen molar-refractivity contribution in [3.05, 3.63) is 105 Å². The Labute approximate surface area is 183 Å². The number of benzene rings is 2. The third-order valence-corrected chi connectivity index (χ3v) is 5.95. The average Bonchev–Trinajstić information content (AvgIpc) is 2.70. The van der Waals surface area contributed by atoms with Crippen LogP contribution in [0.3, 0.4) is 0 Å². The minimum absolute atomic E-state index is 0.0749. The quantitative estimate of drug-likeness (QED) is 0.393. The number of rotatable bonds is 3. The van der Waals surface area contributed by atoms with Crippen molar-refractivity contribution >= 4 is 18.3 Å². The molecule has 6 heteroatoms. The molecule has 2 atom stereocenters. The number of nitro groups is 1. The molecule has 2 aromatic carbocycles. The van der Waals surface area contributed by atoms with Crippen LogP contribution in [0.15, 0.2) is 72.9 Å². The van der Waals surface area contributed by atoms with Gasteiger partial charge in [0.05, 0.1) is 22.2 Å². The van der Waals surface area contributed by atoms with Crippen LogP contribution in [0.2, 0.25) is 0 Å². The van der Waals surface area contributed by atoms with Gasteiger partial charge in [-0.3, -0.25) is 10.1 Å². The number of aryl methyl sites for hydroxylation is 3. The summed E-state index contributed by atoms with van der Waals surface area (Å²) < 4.78 is 13.1. The molecule has 0 unspecified atom stereocenters. The maximum atomic E-state index is 11.7. The van der Waals surface area contributed by atoms with E-state index >= 15 is 0 Å². The zero-order valence-corrected chi connectivity index (χ0v) is 18.1. The fourth-order valence-electron chi connectivity index (χ4n) is 4.61. The van der Waals surface area contributed by atoms with Crippen molar-refractivity contribution in [1.29, 1.82) is 0 Å². The molecule has 1 fully saturated rings. The van der Waals surface area contributed by atoms with Crippen LogP contribution < -0.4 is 5.46 Å². The van der Waals surface area contributed by atoms with Crippen LogP contribution in [-0.2, 0) is 9.31 Å². The molecule has 2 aromatic rings. The highest BCUT2D eigenvalue weighted by atomic mass is 16.6. The summed E-state index contributed by atoms with van der Waals surface area (Å²) in [4.78, 5) is 11.4. The lowest BCUT2D eigenvalue weighted by Gasteiger charge is -2.43. The summed E-state index contributed by atoms with van der Waals surface area (Å²) in [6.07, 6.45) is 12.8.